The summed E-state index contributed by atoms with van der Waals surface area (Å²) >= 11 is 0.487. The van der Waals surface area contributed by atoms with E-state index in [4.69, 9.17) is 0 Å². The Balaban J connectivity index is 3.31. The van der Waals surface area contributed by atoms with E-state index in [2.05, 4.69) is 0 Å². The number of rotatable bonds is 3. The van der Waals surface area contributed by atoms with Crippen molar-refractivity contribution in [3.63, 3.8) is 0 Å². The van der Waals surface area contributed by atoms with E-state index in [1.54, 1.807) is 0 Å². The molecule has 1 heterocycles. The van der Waals surface area contributed by atoms with Gasteiger partial charge in [0.15, 0.2) is 6.29 Å². The third-order valence-electron chi connectivity index (χ3n) is 1.19. The Morgan fingerprint density at radius 3 is 2.23 bits per heavy atom. The first-order chi connectivity index (χ1) is 6.06. The van der Waals surface area contributed by atoms with E-state index in [0.717, 1.165) is 6.07 Å². The molecule has 0 bridgehead atoms. The highest BCUT2D eigenvalue weighted by atomic mass is 32.1. The van der Waals surface area contributed by atoms with E-state index in [1.165, 1.54) is 0 Å². The number of hydrogen-bond donors (Lipinski definition) is 0. The number of nitrogens with zero attached hydrogens (tertiary/aromatic N) is 2. The maximum atomic E-state index is 10.3. The molecule has 1 aromatic rings. The standard InChI is InChI=1S/C5H2N2O5S/c8-2-3-1-4(6(9)10)5(13-3)7(11)12/h1-2H. The normalized spacial score (nSPS) is 9.54. The zero-order valence-corrected chi connectivity index (χ0v) is 6.82. The molecule has 1 rings (SSSR count). The highest BCUT2D eigenvalue weighted by molar-refractivity contribution is 7.17. The Hall–Kier alpha value is -1.83. The highest BCUT2D eigenvalue weighted by Gasteiger charge is 2.28. The summed E-state index contributed by atoms with van der Waals surface area (Å²) in [4.78, 5) is 28.9. The van der Waals surface area contributed by atoms with Crippen molar-refractivity contribution in [3.05, 3.63) is 31.2 Å². The smallest absolute Gasteiger partial charge is 0.297 e. The minimum absolute atomic E-state index is 0.0293. The topological polar surface area (TPSA) is 103 Å². The van der Waals surface area contributed by atoms with Gasteiger partial charge < -0.3 is 0 Å². The average molecular weight is 202 g/mol. The second-order valence-corrected chi connectivity index (χ2v) is 3.03. The molecule has 0 aliphatic heterocycles. The molecule has 68 valence electrons. The van der Waals surface area contributed by atoms with E-state index < -0.39 is 20.5 Å². The van der Waals surface area contributed by atoms with Crippen LogP contribution in [0.2, 0.25) is 0 Å². The molecule has 0 aromatic carbocycles. The van der Waals surface area contributed by atoms with Crippen LogP contribution in [0.1, 0.15) is 9.67 Å². The van der Waals surface area contributed by atoms with E-state index in [9.17, 15) is 25.0 Å². The second-order valence-electron chi connectivity index (χ2n) is 1.97. The SMILES string of the molecule is O=Cc1cc([N+](=O)[O-])c([N+](=O)[O-])s1. The molecule has 0 spiro atoms. The third-order valence-corrected chi connectivity index (χ3v) is 2.19. The largest absolute Gasteiger partial charge is 0.401 e. The van der Waals surface area contributed by atoms with Crippen LogP contribution in [0.15, 0.2) is 6.07 Å². The fourth-order valence-corrected chi connectivity index (χ4v) is 1.46. The summed E-state index contributed by atoms with van der Waals surface area (Å²) in [5, 5.41) is 19.9. The summed E-state index contributed by atoms with van der Waals surface area (Å²) in [6.07, 6.45) is 0.338. The number of aldehydes is 1. The summed E-state index contributed by atoms with van der Waals surface area (Å²) < 4.78 is 0. The average Bonchev–Trinajstić information content (AvgIpc) is 2.47. The van der Waals surface area contributed by atoms with Gasteiger partial charge in [0, 0.05) is 6.07 Å². The van der Waals surface area contributed by atoms with Crippen LogP contribution in [0.25, 0.3) is 0 Å². The van der Waals surface area contributed by atoms with E-state index in [-0.39, 0.29) is 4.88 Å². The molecule has 0 saturated heterocycles. The first-order valence-electron chi connectivity index (χ1n) is 2.94. The Bertz CT molecular complexity index is 353. The Labute approximate surface area is 74.9 Å². The summed E-state index contributed by atoms with van der Waals surface area (Å²) in [5.41, 5.74) is -0.642. The zero-order valence-electron chi connectivity index (χ0n) is 6.00. The molecule has 0 aliphatic rings. The summed E-state index contributed by atoms with van der Waals surface area (Å²) in [5.74, 6) is 0. The zero-order chi connectivity index (χ0) is 10.0. The van der Waals surface area contributed by atoms with Gasteiger partial charge in [-0.05, 0) is 0 Å². The molecule has 0 saturated carbocycles. The number of hydrogen-bond acceptors (Lipinski definition) is 6. The quantitative estimate of drug-likeness (QED) is 0.418. The van der Waals surface area contributed by atoms with Crippen molar-refractivity contribution >= 4 is 28.3 Å². The highest BCUT2D eigenvalue weighted by Crippen LogP contribution is 2.35. The fraction of sp³-hybridized carbons (Fsp3) is 0. The fourth-order valence-electron chi connectivity index (χ4n) is 0.710. The van der Waals surface area contributed by atoms with E-state index in [0.29, 0.717) is 17.6 Å². The number of carbonyl (C=O) groups excluding carboxylic acids is 1. The van der Waals surface area contributed by atoms with Crippen LogP contribution in [0.4, 0.5) is 10.7 Å². The maximum Gasteiger partial charge on any atom is 0.401 e. The number of thiophene rings is 1. The van der Waals surface area contributed by atoms with Crippen molar-refractivity contribution in [1.82, 2.24) is 0 Å². The van der Waals surface area contributed by atoms with Crippen LogP contribution >= 0.6 is 11.3 Å². The monoisotopic (exact) mass is 202 g/mol. The number of carbonyl (C=O) groups is 1. The first kappa shape index (κ1) is 9.26. The minimum atomic E-state index is -0.887. The predicted molar refractivity (Wildman–Crippen MR) is 43.0 cm³/mol. The molecular weight excluding hydrogens is 200 g/mol. The molecule has 0 unspecified atom stereocenters. The van der Waals surface area contributed by atoms with Crippen molar-refractivity contribution in [2.75, 3.05) is 0 Å². The summed E-state index contributed by atoms with van der Waals surface area (Å²) in [6, 6.07) is 0.885. The molecule has 0 amide bonds. The number of nitro groups is 2. The van der Waals surface area contributed by atoms with E-state index >= 15 is 0 Å². The Kier molecular flexibility index (Phi) is 2.33. The molecule has 1 aromatic heterocycles. The van der Waals surface area contributed by atoms with Gasteiger partial charge in [0.05, 0.1) is 14.7 Å². The van der Waals surface area contributed by atoms with E-state index in [1.807, 2.05) is 0 Å². The van der Waals surface area contributed by atoms with Crippen LogP contribution in [0.3, 0.4) is 0 Å². The van der Waals surface area contributed by atoms with Crippen LogP contribution in [-0.2, 0) is 0 Å². The molecule has 13 heavy (non-hydrogen) atoms. The predicted octanol–water partition coefficient (Wildman–Crippen LogP) is 1.38. The van der Waals surface area contributed by atoms with Crippen molar-refractivity contribution < 1.29 is 14.6 Å². The Morgan fingerprint density at radius 2 is 1.92 bits per heavy atom. The lowest BCUT2D eigenvalue weighted by atomic mass is 10.4. The minimum Gasteiger partial charge on any atom is -0.297 e. The van der Waals surface area contributed by atoms with Gasteiger partial charge in [-0.25, -0.2) is 0 Å². The van der Waals surface area contributed by atoms with Crippen molar-refractivity contribution in [2.24, 2.45) is 0 Å². The van der Waals surface area contributed by atoms with Gasteiger partial charge in [0.2, 0.25) is 0 Å². The molecule has 0 aliphatic carbocycles. The summed E-state index contributed by atoms with van der Waals surface area (Å²) in [7, 11) is 0. The van der Waals surface area contributed by atoms with Gasteiger partial charge >= 0.3 is 10.7 Å². The third kappa shape index (κ3) is 1.67. The van der Waals surface area contributed by atoms with Crippen LogP contribution in [-0.4, -0.2) is 16.1 Å². The Morgan fingerprint density at radius 1 is 1.31 bits per heavy atom. The van der Waals surface area contributed by atoms with Crippen molar-refractivity contribution in [3.8, 4) is 0 Å². The van der Waals surface area contributed by atoms with Gasteiger partial charge in [0.25, 0.3) is 0 Å². The molecule has 7 nitrogen and oxygen atoms in total. The van der Waals surface area contributed by atoms with Crippen LogP contribution in [0.5, 0.6) is 0 Å². The van der Waals surface area contributed by atoms with Crippen LogP contribution in [0, 0.1) is 20.2 Å². The van der Waals surface area contributed by atoms with Crippen molar-refractivity contribution in [2.45, 2.75) is 0 Å². The van der Waals surface area contributed by atoms with Gasteiger partial charge in [-0.2, -0.15) is 0 Å². The van der Waals surface area contributed by atoms with Crippen molar-refractivity contribution in [1.29, 1.82) is 0 Å². The van der Waals surface area contributed by atoms with Gasteiger partial charge in [-0.1, -0.05) is 11.3 Å². The lowest BCUT2D eigenvalue weighted by Crippen LogP contribution is -1.91. The molecule has 0 N–H and O–H groups in total. The molecule has 0 fully saturated rings. The van der Waals surface area contributed by atoms with Gasteiger partial charge in [-0.3, -0.25) is 25.0 Å². The lowest BCUT2D eigenvalue weighted by molar-refractivity contribution is -0.419. The molecular formula is C5H2N2O5S. The maximum absolute atomic E-state index is 10.3. The molecule has 8 heteroatoms. The van der Waals surface area contributed by atoms with Gasteiger partial charge in [-0.15, -0.1) is 0 Å². The lowest BCUT2D eigenvalue weighted by Gasteiger charge is -1.84. The molecule has 0 atom stereocenters. The first-order valence-corrected chi connectivity index (χ1v) is 3.75. The summed E-state index contributed by atoms with van der Waals surface area (Å²) in [6.45, 7) is 0. The molecule has 0 radical (unpaired) electrons. The van der Waals surface area contributed by atoms with Gasteiger partial charge in [0.1, 0.15) is 0 Å². The van der Waals surface area contributed by atoms with Crippen LogP contribution < -0.4 is 0 Å². The second kappa shape index (κ2) is 3.27.